The molecular weight excluding hydrogens is 351 g/mol. The number of nitrogens with zero attached hydrogens (tertiary/aromatic N) is 1. The lowest BCUT2D eigenvalue weighted by molar-refractivity contribution is -0.686. The van der Waals surface area contributed by atoms with Gasteiger partial charge < -0.3 is 10.1 Å². The third-order valence-corrected chi connectivity index (χ3v) is 4.82. The predicted molar refractivity (Wildman–Crippen MR) is 108 cm³/mol. The first kappa shape index (κ1) is 18.1. The molecule has 0 aliphatic rings. The number of pyridine rings is 1. The van der Waals surface area contributed by atoms with E-state index >= 15 is 0 Å². The van der Waals surface area contributed by atoms with Gasteiger partial charge in [0.1, 0.15) is 31.3 Å². The molecule has 4 heteroatoms. The summed E-state index contributed by atoms with van der Waals surface area (Å²) in [5.74, 6) is 0.557. The molecule has 4 rings (SSSR count). The van der Waals surface area contributed by atoms with Gasteiger partial charge in [0.05, 0.1) is 5.56 Å². The van der Waals surface area contributed by atoms with Crippen molar-refractivity contribution in [2.75, 3.05) is 0 Å². The molecule has 1 aromatic heterocycles. The van der Waals surface area contributed by atoms with Gasteiger partial charge in [0, 0.05) is 23.5 Å². The minimum absolute atomic E-state index is 0.211. The van der Waals surface area contributed by atoms with Crippen molar-refractivity contribution in [1.29, 1.82) is 0 Å². The molecule has 3 nitrogen and oxygen atoms in total. The first-order valence-corrected chi connectivity index (χ1v) is 9.38. The van der Waals surface area contributed by atoms with Crippen LogP contribution < -0.4 is 10.1 Å². The van der Waals surface area contributed by atoms with Gasteiger partial charge in [-0.3, -0.25) is 4.98 Å². The highest BCUT2D eigenvalue weighted by molar-refractivity contribution is 5.87. The van der Waals surface area contributed by atoms with Gasteiger partial charge in [0.2, 0.25) is 0 Å². The lowest BCUT2D eigenvalue weighted by Gasteiger charge is -2.14. The Labute approximate surface area is 163 Å². The minimum atomic E-state index is -0.242. The largest absolute Gasteiger partial charge is 0.488 e. The summed E-state index contributed by atoms with van der Waals surface area (Å²) in [7, 11) is 0. The van der Waals surface area contributed by atoms with Crippen molar-refractivity contribution in [1.82, 2.24) is 4.98 Å². The Kier molecular flexibility index (Phi) is 5.59. The molecule has 28 heavy (non-hydrogen) atoms. The van der Waals surface area contributed by atoms with Gasteiger partial charge in [-0.25, -0.2) is 4.39 Å². The van der Waals surface area contributed by atoms with Gasteiger partial charge in [-0.15, -0.1) is 0 Å². The normalized spacial score (nSPS) is 10.9. The highest BCUT2D eigenvalue weighted by Crippen LogP contribution is 2.28. The molecule has 2 N–H and O–H groups in total. The van der Waals surface area contributed by atoms with E-state index in [2.05, 4.69) is 28.5 Å². The number of ether oxygens (including phenoxy) is 1. The molecular formula is C24H22FN2O+. The zero-order valence-corrected chi connectivity index (χ0v) is 15.5. The van der Waals surface area contributed by atoms with Crippen molar-refractivity contribution < 1.29 is 14.4 Å². The quantitative estimate of drug-likeness (QED) is 0.527. The second-order valence-corrected chi connectivity index (χ2v) is 6.70. The summed E-state index contributed by atoms with van der Waals surface area (Å²) in [4.78, 5) is 4.06. The molecule has 0 aliphatic carbocycles. The molecule has 0 saturated heterocycles. The molecule has 0 unspecified atom stereocenters. The van der Waals surface area contributed by atoms with E-state index in [0.29, 0.717) is 5.56 Å². The van der Waals surface area contributed by atoms with Crippen LogP contribution >= 0.6 is 0 Å². The highest BCUT2D eigenvalue weighted by Gasteiger charge is 2.12. The fraction of sp³-hybridized carbons (Fsp3) is 0.125. The maximum absolute atomic E-state index is 13.9. The minimum Gasteiger partial charge on any atom is -0.488 e. The van der Waals surface area contributed by atoms with Crippen LogP contribution in [0.4, 0.5) is 4.39 Å². The number of benzene rings is 3. The Morgan fingerprint density at radius 1 is 0.821 bits per heavy atom. The standard InChI is InChI=1S/C24H21FN2O/c25-23-8-4-2-6-20(23)17-28-24-10-9-19-5-1-3-7-21(19)22(24)16-27-15-18-11-13-26-14-12-18/h1-14,27H,15-17H2/p+1. The average Bonchev–Trinajstić information content (AvgIpc) is 2.74. The number of nitrogens with two attached hydrogens (primary N) is 1. The highest BCUT2D eigenvalue weighted by atomic mass is 19.1. The van der Waals surface area contributed by atoms with E-state index in [1.165, 1.54) is 22.4 Å². The Balaban J connectivity index is 1.56. The smallest absolute Gasteiger partial charge is 0.129 e. The fourth-order valence-corrected chi connectivity index (χ4v) is 3.33. The predicted octanol–water partition coefficient (Wildman–Crippen LogP) is 4.22. The molecule has 0 radical (unpaired) electrons. The van der Waals surface area contributed by atoms with E-state index in [4.69, 9.17) is 4.74 Å². The topological polar surface area (TPSA) is 38.7 Å². The average molecular weight is 373 g/mol. The zero-order chi connectivity index (χ0) is 19.2. The summed E-state index contributed by atoms with van der Waals surface area (Å²) in [5, 5.41) is 4.58. The number of aromatic nitrogens is 1. The van der Waals surface area contributed by atoms with Crippen LogP contribution in [0, 0.1) is 5.82 Å². The maximum atomic E-state index is 13.9. The number of rotatable bonds is 7. The van der Waals surface area contributed by atoms with Crippen LogP contribution in [0.25, 0.3) is 10.8 Å². The van der Waals surface area contributed by atoms with Crippen molar-refractivity contribution in [2.24, 2.45) is 0 Å². The molecule has 0 saturated carbocycles. The van der Waals surface area contributed by atoms with E-state index in [1.54, 1.807) is 12.1 Å². The monoisotopic (exact) mass is 373 g/mol. The SMILES string of the molecule is Fc1ccccc1COc1ccc2ccccc2c1C[NH2+]Cc1ccncc1. The van der Waals surface area contributed by atoms with Crippen LogP contribution in [0.5, 0.6) is 5.75 Å². The van der Waals surface area contributed by atoms with Crippen LogP contribution in [0.3, 0.4) is 0 Å². The lowest BCUT2D eigenvalue weighted by atomic mass is 10.0. The fourth-order valence-electron chi connectivity index (χ4n) is 3.33. The summed E-state index contributed by atoms with van der Waals surface area (Å²) >= 11 is 0. The van der Waals surface area contributed by atoms with E-state index in [-0.39, 0.29) is 12.4 Å². The number of hydrogen-bond donors (Lipinski definition) is 1. The second kappa shape index (κ2) is 8.63. The van der Waals surface area contributed by atoms with Gasteiger partial charge >= 0.3 is 0 Å². The molecule has 4 aromatic rings. The van der Waals surface area contributed by atoms with Crippen molar-refractivity contribution in [3.63, 3.8) is 0 Å². The van der Waals surface area contributed by atoms with E-state index < -0.39 is 0 Å². The molecule has 0 atom stereocenters. The van der Waals surface area contributed by atoms with Crippen molar-refractivity contribution >= 4 is 10.8 Å². The van der Waals surface area contributed by atoms with Crippen LogP contribution in [-0.4, -0.2) is 4.98 Å². The molecule has 3 aromatic carbocycles. The maximum Gasteiger partial charge on any atom is 0.129 e. The van der Waals surface area contributed by atoms with Crippen LogP contribution in [0.15, 0.2) is 85.2 Å². The number of fused-ring (bicyclic) bond motifs is 1. The van der Waals surface area contributed by atoms with E-state index in [9.17, 15) is 4.39 Å². The molecule has 1 heterocycles. The third-order valence-electron chi connectivity index (χ3n) is 4.82. The summed E-state index contributed by atoms with van der Waals surface area (Å²) in [6, 6.07) is 23.1. The van der Waals surface area contributed by atoms with Crippen molar-refractivity contribution in [3.8, 4) is 5.75 Å². The van der Waals surface area contributed by atoms with Gasteiger partial charge in [-0.05, 0) is 35.0 Å². The van der Waals surface area contributed by atoms with E-state index in [0.717, 1.165) is 24.4 Å². The second-order valence-electron chi connectivity index (χ2n) is 6.70. The van der Waals surface area contributed by atoms with Gasteiger partial charge in [0.15, 0.2) is 0 Å². The summed E-state index contributed by atoms with van der Waals surface area (Å²) < 4.78 is 20.0. The molecule has 0 aliphatic heterocycles. The van der Waals surface area contributed by atoms with Gasteiger partial charge in [-0.1, -0.05) is 48.5 Å². The lowest BCUT2D eigenvalue weighted by Crippen LogP contribution is -2.80. The summed E-state index contributed by atoms with van der Waals surface area (Å²) in [5.41, 5.74) is 2.91. The first-order chi connectivity index (χ1) is 13.8. The molecule has 0 fully saturated rings. The summed E-state index contributed by atoms with van der Waals surface area (Å²) in [6.07, 6.45) is 3.62. The molecule has 0 bridgehead atoms. The van der Waals surface area contributed by atoms with Crippen LogP contribution in [-0.2, 0) is 19.7 Å². The first-order valence-electron chi connectivity index (χ1n) is 9.38. The molecule has 140 valence electrons. The van der Waals surface area contributed by atoms with Gasteiger partial charge in [0.25, 0.3) is 0 Å². The van der Waals surface area contributed by atoms with Crippen LogP contribution in [0.1, 0.15) is 16.7 Å². The third kappa shape index (κ3) is 4.18. The molecule has 0 amide bonds. The van der Waals surface area contributed by atoms with Crippen molar-refractivity contribution in [3.05, 3.63) is 108 Å². The Hall–Kier alpha value is -3.24. The number of quaternary nitrogens is 1. The Morgan fingerprint density at radius 2 is 1.61 bits per heavy atom. The molecule has 0 spiro atoms. The Bertz CT molecular complexity index is 1070. The number of halogens is 1. The summed E-state index contributed by atoms with van der Waals surface area (Å²) in [6.45, 7) is 1.84. The zero-order valence-electron chi connectivity index (χ0n) is 15.5. The van der Waals surface area contributed by atoms with Crippen molar-refractivity contribution in [2.45, 2.75) is 19.7 Å². The number of hydrogen-bond acceptors (Lipinski definition) is 2. The van der Waals surface area contributed by atoms with Gasteiger partial charge in [-0.2, -0.15) is 0 Å². The van der Waals surface area contributed by atoms with E-state index in [1.807, 2.05) is 48.8 Å². The Morgan fingerprint density at radius 3 is 2.46 bits per heavy atom. The van der Waals surface area contributed by atoms with Crippen LogP contribution in [0.2, 0.25) is 0 Å².